The molecule has 0 spiro atoms. The van der Waals surface area contributed by atoms with E-state index in [1.165, 1.54) is 16.4 Å². The number of nitrogens with zero attached hydrogens (tertiary/aromatic N) is 2. The van der Waals surface area contributed by atoms with Gasteiger partial charge in [-0.15, -0.1) is 0 Å². The van der Waals surface area contributed by atoms with Gasteiger partial charge in [0.05, 0.1) is 12.7 Å². The SMILES string of the molecule is CC1(C)CC(Cn2cc(O)c(=O)c(C(=O)NCc3ccccc3)n2)(c2ccccc2)C1. The van der Waals surface area contributed by atoms with Gasteiger partial charge in [0.25, 0.3) is 11.3 Å². The Labute approximate surface area is 181 Å². The van der Waals surface area contributed by atoms with Gasteiger partial charge >= 0.3 is 0 Å². The standard InChI is InChI=1S/C25H27N3O3/c1-24(2)15-25(16-24,19-11-7-4-8-12-19)17-28-14-20(29)22(30)21(27-28)23(31)26-13-18-9-5-3-6-10-18/h3-12,14,29H,13,15-17H2,1-2H3,(H,26,31). The third-order valence-electron chi connectivity index (χ3n) is 5.94. The van der Waals surface area contributed by atoms with Gasteiger partial charge in [-0.05, 0) is 29.4 Å². The summed E-state index contributed by atoms with van der Waals surface area (Å²) in [6.07, 6.45) is 3.23. The van der Waals surface area contributed by atoms with E-state index in [4.69, 9.17) is 0 Å². The average Bonchev–Trinajstić information content (AvgIpc) is 2.74. The predicted molar refractivity (Wildman–Crippen MR) is 119 cm³/mol. The minimum atomic E-state index is -0.760. The molecule has 1 heterocycles. The van der Waals surface area contributed by atoms with Crippen molar-refractivity contribution in [3.63, 3.8) is 0 Å². The summed E-state index contributed by atoms with van der Waals surface area (Å²) in [5.41, 5.74) is 1.10. The minimum Gasteiger partial charge on any atom is -0.503 e. The van der Waals surface area contributed by atoms with Crippen molar-refractivity contribution in [1.29, 1.82) is 0 Å². The van der Waals surface area contributed by atoms with E-state index in [1.807, 2.05) is 48.5 Å². The Balaban J connectivity index is 1.60. The van der Waals surface area contributed by atoms with E-state index in [0.717, 1.165) is 18.4 Å². The van der Waals surface area contributed by atoms with Crippen molar-refractivity contribution in [2.75, 3.05) is 0 Å². The number of carbonyl (C=O) groups excluding carboxylic acids is 1. The van der Waals surface area contributed by atoms with Crippen LogP contribution < -0.4 is 10.7 Å². The van der Waals surface area contributed by atoms with Gasteiger partial charge in [0.15, 0.2) is 11.4 Å². The molecule has 2 N–H and O–H groups in total. The first-order valence-corrected chi connectivity index (χ1v) is 10.5. The van der Waals surface area contributed by atoms with Crippen molar-refractivity contribution in [2.24, 2.45) is 5.41 Å². The summed E-state index contributed by atoms with van der Waals surface area (Å²) >= 11 is 0. The molecular weight excluding hydrogens is 390 g/mol. The lowest BCUT2D eigenvalue weighted by atomic mass is 9.52. The van der Waals surface area contributed by atoms with Crippen LogP contribution in [0.4, 0.5) is 0 Å². The fourth-order valence-electron chi connectivity index (χ4n) is 4.90. The maximum atomic E-state index is 12.7. The van der Waals surface area contributed by atoms with E-state index in [9.17, 15) is 14.7 Å². The van der Waals surface area contributed by atoms with Gasteiger partial charge in [-0.3, -0.25) is 14.3 Å². The minimum absolute atomic E-state index is 0.156. The molecule has 160 valence electrons. The third kappa shape index (κ3) is 4.38. The van der Waals surface area contributed by atoms with Gasteiger partial charge in [-0.1, -0.05) is 74.5 Å². The molecule has 31 heavy (non-hydrogen) atoms. The summed E-state index contributed by atoms with van der Waals surface area (Å²) in [6, 6.07) is 19.6. The van der Waals surface area contributed by atoms with Crippen LogP contribution >= 0.6 is 0 Å². The van der Waals surface area contributed by atoms with Gasteiger partial charge in [0.2, 0.25) is 0 Å². The highest BCUT2D eigenvalue weighted by Gasteiger charge is 2.50. The summed E-state index contributed by atoms with van der Waals surface area (Å²) in [6.45, 7) is 5.21. The molecule has 1 aliphatic carbocycles. The Morgan fingerprint density at radius 2 is 1.68 bits per heavy atom. The molecular formula is C25H27N3O3. The maximum absolute atomic E-state index is 12.7. The number of hydrogen-bond donors (Lipinski definition) is 2. The maximum Gasteiger partial charge on any atom is 0.276 e. The summed E-state index contributed by atoms with van der Waals surface area (Å²) < 4.78 is 1.54. The zero-order chi connectivity index (χ0) is 22.1. The monoisotopic (exact) mass is 417 g/mol. The van der Waals surface area contributed by atoms with Gasteiger partial charge in [-0.2, -0.15) is 5.10 Å². The molecule has 4 rings (SSSR count). The van der Waals surface area contributed by atoms with E-state index < -0.39 is 17.1 Å². The number of amides is 1. The summed E-state index contributed by atoms with van der Waals surface area (Å²) in [5, 5.41) is 17.3. The lowest BCUT2D eigenvalue weighted by Crippen LogP contribution is -2.49. The molecule has 1 amide bonds. The number of rotatable bonds is 6. The second-order valence-electron chi connectivity index (χ2n) is 9.22. The van der Waals surface area contributed by atoms with Crippen molar-refractivity contribution in [3.8, 4) is 5.75 Å². The molecule has 6 heteroatoms. The van der Waals surface area contributed by atoms with Crippen molar-refractivity contribution < 1.29 is 9.90 Å². The highest BCUT2D eigenvalue weighted by Crippen LogP contribution is 2.56. The second kappa shape index (κ2) is 8.02. The van der Waals surface area contributed by atoms with Crippen LogP contribution in [0.2, 0.25) is 0 Å². The number of nitrogens with one attached hydrogen (secondary N) is 1. The highest BCUT2D eigenvalue weighted by atomic mass is 16.3. The summed E-state index contributed by atoms with van der Waals surface area (Å²) in [4.78, 5) is 25.1. The zero-order valence-corrected chi connectivity index (χ0v) is 17.8. The van der Waals surface area contributed by atoms with Gasteiger partial charge in [-0.25, -0.2) is 0 Å². The molecule has 3 aromatic rings. The molecule has 6 nitrogen and oxygen atoms in total. The van der Waals surface area contributed by atoms with Crippen molar-refractivity contribution in [2.45, 2.75) is 45.2 Å². The fourth-order valence-corrected chi connectivity index (χ4v) is 4.90. The molecule has 0 unspecified atom stereocenters. The molecule has 0 atom stereocenters. The van der Waals surface area contributed by atoms with Crippen LogP contribution in [0, 0.1) is 5.41 Å². The van der Waals surface area contributed by atoms with Crippen LogP contribution in [-0.2, 0) is 18.5 Å². The highest BCUT2D eigenvalue weighted by molar-refractivity contribution is 5.92. The fraction of sp³-hybridized carbons (Fsp3) is 0.320. The third-order valence-corrected chi connectivity index (χ3v) is 5.94. The Morgan fingerprint density at radius 1 is 1.06 bits per heavy atom. The van der Waals surface area contributed by atoms with Crippen LogP contribution in [0.3, 0.4) is 0 Å². The van der Waals surface area contributed by atoms with Crippen LogP contribution in [0.5, 0.6) is 5.75 Å². The first-order valence-electron chi connectivity index (χ1n) is 10.5. The number of hydrogen-bond acceptors (Lipinski definition) is 4. The van der Waals surface area contributed by atoms with E-state index >= 15 is 0 Å². The summed E-state index contributed by atoms with van der Waals surface area (Å²) in [5.74, 6) is -1.07. The molecule has 0 bridgehead atoms. The van der Waals surface area contributed by atoms with Crippen molar-refractivity contribution >= 4 is 5.91 Å². The smallest absolute Gasteiger partial charge is 0.276 e. The molecule has 1 aliphatic rings. The second-order valence-corrected chi connectivity index (χ2v) is 9.22. The number of aromatic hydroxyl groups is 1. The van der Waals surface area contributed by atoms with Crippen molar-refractivity contribution in [1.82, 2.24) is 15.1 Å². The Hall–Kier alpha value is -3.41. The Bertz CT molecular complexity index is 1130. The number of aromatic nitrogens is 2. The molecule has 1 saturated carbocycles. The average molecular weight is 418 g/mol. The quantitative estimate of drug-likeness (QED) is 0.641. The van der Waals surface area contributed by atoms with Crippen LogP contribution in [-0.4, -0.2) is 20.8 Å². The first-order chi connectivity index (χ1) is 14.8. The molecule has 1 fully saturated rings. The lowest BCUT2D eigenvalue weighted by Gasteiger charge is -2.54. The van der Waals surface area contributed by atoms with E-state index in [1.54, 1.807) is 0 Å². The predicted octanol–water partition coefficient (Wildman–Crippen LogP) is 3.64. The molecule has 2 aromatic carbocycles. The van der Waals surface area contributed by atoms with Crippen LogP contribution in [0.1, 0.15) is 48.3 Å². The molecule has 0 saturated heterocycles. The Kier molecular flexibility index (Phi) is 5.39. The van der Waals surface area contributed by atoms with Crippen LogP contribution in [0.25, 0.3) is 0 Å². The molecule has 0 aliphatic heterocycles. The molecule has 0 radical (unpaired) electrons. The van der Waals surface area contributed by atoms with E-state index in [-0.39, 0.29) is 23.1 Å². The normalized spacial score (nSPS) is 16.3. The Morgan fingerprint density at radius 3 is 2.29 bits per heavy atom. The largest absolute Gasteiger partial charge is 0.503 e. The first kappa shape index (κ1) is 20.8. The van der Waals surface area contributed by atoms with E-state index in [2.05, 4.69) is 36.4 Å². The van der Waals surface area contributed by atoms with E-state index in [0.29, 0.717) is 6.54 Å². The summed E-state index contributed by atoms with van der Waals surface area (Å²) in [7, 11) is 0. The van der Waals surface area contributed by atoms with Gasteiger partial charge < -0.3 is 10.4 Å². The number of carbonyl (C=O) groups is 1. The number of benzene rings is 2. The topological polar surface area (TPSA) is 84.2 Å². The van der Waals surface area contributed by atoms with Crippen LogP contribution in [0.15, 0.2) is 71.7 Å². The molecule has 1 aromatic heterocycles. The lowest BCUT2D eigenvalue weighted by molar-refractivity contribution is 0.0388. The van der Waals surface area contributed by atoms with Crippen molar-refractivity contribution in [3.05, 3.63) is 93.9 Å². The van der Waals surface area contributed by atoms with Gasteiger partial charge in [0.1, 0.15) is 0 Å². The zero-order valence-electron chi connectivity index (χ0n) is 17.8. The van der Waals surface area contributed by atoms with Gasteiger partial charge in [0, 0.05) is 12.0 Å².